The first-order chi connectivity index (χ1) is 15.9. The smallest absolute Gasteiger partial charge is 0.264 e. The van der Waals surface area contributed by atoms with E-state index in [4.69, 9.17) is 11.6 Å². The first-order valence-corrected chi connectivity index (χ1v) is 11.4. The number of nitrogens with one attached hydrogen (secondary N) is 2. The lowest BCUT2D eigenvalue weighted by atomic mass is 10.1. The fraction of sp³-hybridized carbons (Fsp3) is 0.167. The number of hydrogen-bond acceptors (Lipinski definition) is 6. The normalized spacial score (nSPS) is 16.1. The summed E-state index contributed by atoms with van der Waals surface area (Å²) in [6.45, 7) is 0.678. The molecule has 0 bridgehead atoms. The molecule has 2 aromatic carbocycles. The summed E-state index contributed by atoms with van der Waals surface area (Å²) < 4.78 is 0. The molecule has 0 unspecified atom stereocenters. The number of nitrogens with zero attached hydrogens (tertiary/aromatic N) is 3. The fourth-order valence-corrected chi connectivity index (χ4v) is 4.22. The maximum atomic E-state index is 12.5. The van der Waals surface area contributed by atoms with Gasteiger partial charge in [0.1, 0.15) is 0 Å². The maximum Gasteiger partial charge on any atom is 0.264 e. The van der Waals surface area contributed by atoms with E-state index in [9.17, 15) is 9.59 Å². The Bertz CT molecular complexity index is 1290. The van der Waals surface area contributed by atoms with Gasteiger partial charge in [-0.25, -0.2) is 4.99 Å². The average molecular weight is 480 g/mol. The highest BCUT2D eigenvalue weighted by atomic mass is 35.5. The molecule has 0 spiro atoms. The van der Waals surface area contributed by atoms with Crippen LogP contribution in [0.1, 0.15) is 11.1 Å². The molecule has 0 atom stereocenters. The predicted molar refractivity (Wildman–Crippen MR) is 134 cm³/mol. The Labute approximate surface area is 200 Å². The molecule has 168 valence electrons. The van der Waals surface area contributed by atoms with Gasteiger partial charge in [-0.05, 0) is 73.4 Å². The topological polar surface area (TPSA) is 86.7 Å². The number of benzene rings is 2. The molecule has 7 nitrogen and oxygen atoms in total. The van der Waals surface area contributed by atoms with E-state index in [-0.39, 0.29) is 11.8 Å². The van der Waals surface area contributed by atoms with Gasteiger partial charge in [0.15, 0.2) is 5.17 Å². The lowest BCUT2D eigenvalue weighted by molar-refractivity contribution is -0.121. The summed E-state index contributed by atoms with van der Waals surface area (Å²) in [5, 5.41) is 7.56. The molecule has 9 heteroatoms. The van der Waals surface area contributed by atoms with Crippen LogP contribution in [-0.4, -0.2) is 47.5 Å². The number of carbonyl (C=O) groups is 2. The third-order valence-electron chi connectivity index (χ3n) is 4.76. The van der Waals surface area contributed by atoms with Gasteiger partial charge in [0.05, 0.1) is 27.7 Å². The molecular weight excluding hydrogens is 458 g/mol. The number of aliphatic imine (C=N–C) groups is 1. The van der Waals surface area contributed by atoms with Gasteiger partial charge < -0.3 is 15.5 Å². The predicted octanol–water partition coefficient (Wildman–Crippen LogP) is 3.96. The minimum absolute atomic E-state index is 0.0688. The van der Waals surface area contributed by atoms with Crippen molar-refractivity contribution in [3.63, 3.8) is 0 Å². The van der Waals surface area contributed by atoms with E-state index in [1.54, 1.807) is 23.2 Å². The third-order valence-corrected chi connectivity index (χ3v) is 5.99. The first kappa shape index (κ1) is 23.0. The van der Waals surface area contributed by atoms with Gasteiger partial charge in [-0.15, -0.1) is 0 Å². The van der Waals surface area contributed by atoms with Gasteiger partial charge in [-0.3, -0.25) is 14.6 Å². The van der Waals surface area contributed by atoms with Crippen molar-refractivity contribution in [1.82, 2.24) is 20.5 Å². The van der Waals surface area contributed by atoms with Crippen molar-refractivity contribution in [2.75, 3.05) is 20.6 Å². The Kier molecular flexibility index (Phi) is 7.08. The molecule has 0 saturated carbocycles. The highest BCUT2D eigenvalue weighted by molar-refractivity contribution is 8.18. The van der Waals surface area contributed by atoms with Crippen molar-refractivity contribution in [2.45, 2.75) is 6.54 Å². The Balaban J connectivity index is 1.49. The first-order valence-electron chi connectivity index (χ1n) is 10.2. The molecule has 0 radical (unpaired) electrons. The average Bonchev–Trinajstić information content (AvgIpc) is 3.12. The van der Waals surface area contributed by atoms with Crippen LogP contribution in [-0.2, 0) is 16.1 Å². The van der Waals surface area contributed by atoms with Crippen LogP contribution < -0.4 is 10.6 Å². The van der Waals surface area contributed by atoms with Gasteiger partial charge in [0.2, 0.25) is 5.91 Å². The van der Waals surface area contributed by atoms with E-state index in [0.717, 1.165) is 22.0 Å². The SMILES string of the molecule is CN(C)CC(=O)NCc1ccc(Cl)c(N=C2NC(=O)/C(=C\c3ccc4ncccc4c3)S2)c1. The minimum atomic E-state index is -0.215. The van der Waals surface area contributed by atoms with Crippen LogP contribution >= 0.6 is 23.4 Å². The zero-order valence-electron chi connectivity index (χ0n) is 18.1. The number of pyridine rings is 1. The minimum Gasteiger partial charge on any atom is -0.351 e. The standard InChI is InChI=1S/C24H22ClN5O2S/c1-30(2)14-22(31)27-13-16-5-7-18(25)20(11-16)28-24-29-23(32)21(33-24)12-15-6-8-19-17(10-15)4-3-9-26-19/h3-12H,13-14H2,1-2H3,(H,27,31)(H,28,29,32)/b21-12+. The van der Waals surface area contributed by atoms with Crippen molar-refractivity contribution in [3.8, 4) is 0 Å². The molecule has 1 fully saturated rings. The number of rotatable bonds is 6. The summed E-state index contributed by atoms with van der Waals surface area (Å²) in [5.41, 5.74) is 3.19. The molecule has 1 aliphatic rings. The van der Waals surface area contributed by atoms with E-state index in [0.29, 0.717) is 33.9 Å². The van der Waals surface area contributed by atoms with Gasteiger partial charge in [-0.1, -0.05) is 29.8 Å². The summed E-state index contributed by atoms with van der Waals surface area (Å²) in [6.07, 6.45) is 3.58. The Morgan fingerprint density at radius 1 is 1.24 bits per heavy atom. The molecule has 4 rings (SSSR count). The van der Waals surface area contributed by atoms with Gasteiger partial charge in [-0.2, -0.15) is 0 Å². The maximum absolute atomic E-state index is 12.5. The highest BCUT2D eigenvalue weighted by Crippen LogP contribution is 2.32. The summed E-state index contributed by atoms with van der Waals surface area (Å²) >= 11 is 7.58. The number of thioether (sulfide) groups is 1. The zero-order chi connectivity index (χ0) is 23.4. The van der Waals surface area contributed by atoms with Crippen molar-refractivity contribution in [3.05, 3.63) is 75.8 Å². The number of halogens is 1. The van der Waals surface area contributed by atoms with E-state index >= 15 is 0 Å². The van der Waals surface area contributed by atoms with Crippen LogP contribution in [0.2, 0.25) is 5.02 Å². The zero-order valence-corrected chi connectivity index (χ0v) is 19.7. The molecule has 2 N–H and O–H groups in total. The van der Waals surface area contributed by atoms with Crippen molar-refractivity contribution in [1.29, 1.82) is 0 Å². The van der Waals surface area contributed by atoms with Gasteiger partial charge >= 0.3 is 0 Å². The second-order valence-electron chi connectivity index (χ2n) is 7.74. The summed E-state index contributed by atoms with van der Waals surface area (Å²) in [5.74, 6) is -0.283. The number of amides is 2. The second-order valence-corrected chi connectivity index (χ2v) is 9.18. The van der Waals surface area contributed by atoms with Crippen LogP contribution in [0.3, 0.4) is 0 Å². The van der Waals surface area contributed by atoms with Gasteiger partial charge in [0.25, 0.3) is 5.91 Å². The van der Waals surface area contributed by atoms with Crippen molar-refractivity contribution in [2.24, 2.45) is 4.99 Å². The Morgan fingerprint density at radius 2 is 2.09 bits per heavy atom. The monoisotopic (exact) mass is 479 g/mol. The number of likely N-dealkylation sites (N-methyl/N-ethyl adjacent to an activating group) is 1. The lowest BCUT2D eigenvalue weighted by Crippen LogP contribution is -2.32. The molecule has 1 saturated heterocycles. The van der Waals surface area contributed by atoms with Crippen LogP contribution in [0.5, 0.6) is 0 Å². The number of hydrogen-bond donors (Lipinski definition) is 2. The van der Waals surface area contributed by atoms with Gasteiger partial charge in [0, 0.05) is 18.1 Å². The molecule has 33 heavy (non-hydrogen) atoms. The molecular formula is C24H22ClN5O2S. The number of carbonyl (C=O) groups excluding carboxylic acids is 2. The number of aromatic nitrogens is 1. The quantitative estimate of drug-likeness (QED) is 0.523. The van der Waals surface area contributed by atoms with Crippen molar-refractivity contribution < 1.29 is 9.59 Å². The Morgan fingerprint density at radius 3 is 2.91 bits per heavy atom. The lowest BCUT2D eigenvalue weighted by Gasteiger charge is -2.10. The van der Waals surface area contributed by atoms with Crippen molar-refractivity contribution >= 4 is 63.0 Å². The number of fused-ring (bicyclic) bond motifs is 1. The molecule has 1 aliphatic heterocycles. The Hall–Kier alpha value is -3.20. The summed E-state index contributed by atoms with van der Waals surface area (Å²) in [6, 6.07) is 15.1. The van der Waals surface area contributed by atoms with E-state index in [1.807, 2.05) is 56.6 Å². The van der Waals surface area contributed by atoms with Crippen LogP contribution in [0, 0.1) is 0 Å². The largest absolute Gasteiger partial charge is 0.351 e. The number of amidine groups is 1. The molecule has 0 aliphatic carbocycles. The van der Waals surface area contributed by atoms with Crippen LogP contribution in [0.25, 0.3) is 17.0 Å². The van der Waals surface area contributed by atoms with Crippen LogP contribution in [0.4, 0.5) is 5.69 Å². The molecule has 1 aromatic heterocycles. The molecule has 3 aromatic rings. The van der Waals surface area contributed by atoms with E-state index in [1.165, 1.54) is 11.8 Å². The van der Waals surface area contributed by atoms with E-state index < -0.39 is 0 Å². The molecule has 2 heterocycles. The second kappa shape index (κ2) is 10.2. The van der Waals surface area contributed by atoms with E-state index in [2.05, 4.69) is 20.6 Å². The fourth-order valence-electron chi connectivity index (χ4n) is 3.22. The summed E-state index contributed by atoms with van der Waals surface area (Å²) in [7, 11) is 3.67. The summed E-state index contributed by atoms with van der Waals surface area (Å²) in [4.78, 5) is 35.6. The third kappa shape index (κ3) is 5.98. The molecule has 2 amide bonds. The van der Waals surface area contributed by atoms with Crippen LogP contribution in [0.15, 0.2) is 64.6 Å². The highest BCUT2D eigenvalue weighted by Gasteiger charge is 2.24.